The van der Waals surface area contributed by atoms with Crippen molar-refractivity contribution in [1.82, 2.24) is 15.1 Å². The van der Waals surface area contributed by atoms with Crippen molar-refractivity contribution in [2.24, 2.45) is 0 Å². The maximum atomic E-state index is 6.05. The van der Waals surface area contributed by atoms with Crippen molar-refractivity contribution in [2.75, 3.05) is 39.8 Å². The molecular weight excluding hydrogens is 305 g/mol. The summed E-state index contributed by atoms with van der Waals surface area (Å²) in [5.74, 6) is 0. The van der Waals surface area contributed by atoms with E-state index < -0.39 is 0 Å². The van der Waals surface area contributed by atoms with Crippen LogP contribution in [0.5, 0.6) is 0 Å². The topological polar surface area (TPSA) is 18.5 Å². The summed E-state index contributed by atoms with van der Waals surface area (Å²) in [6, 6.07) is 5.80. The molecule has 0 amide bonds. The van der Waals surface area contributed by atoms with Crippen LogP contribution in [-0.4, -0.2) is 55.1 Å². The third-order valence-corrected chi connectivity index (χ3v) is 4.97. The lowest BCUT2D eigenvalue weighted by Gasteiger charge is -2.43. The van der Waals surface area contributed by atoms with Crippen LogP contribution in [0.25, 0.3) is 0 Å². The number of nitrogens with one attached hydrogen (secondary N) is 1. The van der Waals surface area contributed by atoms with Crippen molar-refractivity contribution >= 4 is 23.2 Å². The molecule has 1 N–H and O–H groups in total. The molecule has 118 valence electrons. The summed E-state index contributed by atoms with van der Waals surface area (Å²) in [4.78, 5) is 4.95. The van der Waals surface area contributed by atoms with Crippen LogP contribution in [0.15, 0.2) is 18.2 Å². The zero-order valence-corrected chi connectivity index (χ0v) is 14.6. The molecule has 1 heterocycles. The Morgan fingerprint density at radius 3 is 2.38 bits per heavy atom. The van der Waals surface area contributed by atoms with Crippen LogP contribution >= 0.6 is 23.2 Å². The predicted molar refractivity (Wildman–Crippen MR) is 91.3 cm³/mol. The van der Waals surface area contributed by atoms with Crippen molar-refractivity contribution < 1.29 is 0 Å². The molecule has 1 saturated heterocycles. The summed E-state index contributed by atoms with van der Waals surface area (Å²) in [7, 11) is 2.19. The Morgan fingerprint density at radius 1 is 1.10 bits per heavy atom. The first kappa shape index (κ1) is 17.0. The number of hydrogen-bond acceptors (Lipinski definition) is 3. The van der Waals surface area contributed by atoms with Gasteiger partial charge in [0.15, 0.2) is 0 Å². The van der Waals surface area contributed by atoms with Crippen molar-refractivity contribution in [3.63, 3.8) is 0 Å². The van der Waals surface area contributed by atoms with E-state index in [2.05, 4.69) is 36.0 Å². The fourth-order valence-corrected chi connectivity index (χ4v) is 3.01. The maximum absolute atomic E-state index is 6.05. The quantitative estimate of drug-likeness (QED) is 0.895. The Bertz CT molecular complexity index is 469. The number of nitrogens with zero attached hydrogens (tertiary/aromatic N) is 2. The van der Waals surface area contributed by atoms with Gasteiger partial charge in [-0.05, 0) is 38.6 Å². The average Bonchev–Trinajstić information content (AvgIpc) is 2.43. The van der Waals surface area contributed by atoms with E-state index in [-0.39, 0.29) is 5.54 Å². The van der Waals surface area contributed by atoms with Gasteiger partial charge < -0.3 is 10.2 Å². The lowest BCUT2D eigenvalue weighted by atomic mass is 10.0. The molecule has 0 saturated carbocycles. The summed E-state index contributed by atoms with van der Waals surface area (Å²) in [6.45, 7) is 11.0. The molecule has 0 radical (unpaired) electrons. The highest BCUT2D eigenvalue weighted by molar-refractivity contribution is 6.42. The fraction of sp³-hybridized carbons (Fsp3) is 0.625. The molecule has 1 aliphatic rings. The second-order valence-electron chi connectivity index (χ2n) is 6.45. The van der Waals surface area contributed by atoms with Crippen LogP contribution in [0.4, 0.5) is 0 Å². The largest absolute Gasteiger partial charge is 0.311 e. The normalized spacial score (nSPS) is 18.1. The van der Waals surface area contributed by atoms with E-state index in [1.165, 1.54) is 5.56 Å². The molecular formula is C16H25Cl2N3. The van der Waals surface area contributed by atoms with Crippen molar-refractivity contribution in [3.8, 4) is 0 Å². The molecule has 1 aromatic carbocycles. The maximum Gasteiger partial charge on any atom is 0.0595 e. The zero-order chi connectivity index (χ0) is 15.5. The van der Waals surface area contributed by atoms with E-state index in [1.807, 2.05) is 18.2 Å². The van der Waals surface area contributed by atoms with Gasteiger partial charge in [-0.15, -0.1) is 0 Å². The molecule has 1 aromatic rings. The predicted octanol–water partition coefficient (Wildman–Crippen LogP) is 3.11. The molecule has 1 aliphatic heterocycles. The Balaban J connectivity index is 1.82. The van der Waals surface area contributed by atoms with Gasteiger partial charge >= 0.3 is 0 Å². The molecule has 1 fully saturated rings. The highest BCUT2D eigenvalue weighted by Crippen LogP contribution is 2.22. The minimum absolute atomic E-state index is 0.164. The van der Waals surface area contributed by atoms with E-state index >= 15 is 0 Å². The molecule has 0 aliphatic carbocycles. The summed E-state index contributed by atoms with van der Waals surface area (Å²) in [5, 5.41) is 4.77. The molecule has 0 atom stereocenters. The average molecular weight is 330 g/mol. The van der Waals surface area contributed by atoms with E-state index in [0.717, 1.165) is 39.3 Å². The Hall–Kier alpha value is -0.320. The van der Waals surface area contributed by atoms with Gasteiger partial charge in [0, 0.05) is 44.8 Å². The first-order valence-electron chi connectivity index (χ1n) is 7.47. The summed E-state index contributed by atoms with van der Waals surface area (Å²) in [5.41, 5.74) is 1.33. The monoisotopic (exact) mass is 329 g/mol. The number of likely N-dealkylation sites (N-methyl/N-ethyl adjacent to an activating group) is 1. The molecule has 21 heavy (non-hydrogen) atoms. The van der Waals surface area contributed by atoms with Gasteiger partial charge in [0.1, 0.15) is 0 Å². The van der Waals surface area contributed by atoms with Gasteiger partial charge in [-0.2, -0.15) is 0 Å². The summed E-state index contributed by atoms with van der Waals surface area (Å²) >= 11 is 12.0. The summed E-state index contributed by atoms with van der Waals surface area (Å²) in [6.07, 6.45) is 0. The molecule has 0 spiro atoms. The zero-order valence-electron chi connectivity index (χ0n) is 13.1. The standard InChI is InChI=1S/C16H25Cl2N3/c1-16(2,21-8-6-20(3)7-9-21)12-19-11-13-4-5-14(17)15(18)10-13/h4-5,10,19H,6-9,11-12H2,1-3H3. The fourth-order valence-electron chi connectivity index (χ4n) is 2.69. The summed E-state index contributed by atoms with van der Waals surface area (Å²) < 4.78 is 0. The van der Waals surface area contributed by atoms with E-state index in [9.17, 15) is 0 Å². The molecule has 3 nitrogen and oxygen atoms in total. The first-order chi connectivity index (χ1) is 9.88. The van der Waals surface area contributed by atoms with Gasteiger partial charge in [-0.25, -0.2) is 0 Å². The second kappa shape index (κ2) is 7.30. The van der Waals surface area contributed by atoms with E-state index in [1.54, 1.807) is 0 Å². The van der Waals surface area contributed by atoms with Gasteiger partial charge in [-0.3, -0.25) is 4.90 Å². The Labute approximate surface area is 138 Å². The molecule has 0 unspecified atom stereocenters. The van der Waals surface area contributed by atoms with E-state index in [4.69, 9.17) is 23.2 Å². The van der Waals surface area contributed by atoms with Crippen LogP contribution < -0.4 is 5.32 Å². The van der Waals surface area contributed by atoms with Crippen LogP contribution in [0.2, 0.25) is 10.0 Å². The molecule has 5 heteroatoms. The van der Waals surface area contributed by atoms with Gasteiger partial charge in [-0.1, -0.05) is 29.3 Å². The number of piperazine rings is 1. The minimum Gasteiger partial charge on any atom is -0.311 e. The molecule has 0 aromatic heterocycles. The highest BCUT2D eigenvalue weighted by atomic mass is 35.5. The van der Waals surface area contributed by atoms with Crippen molar-refractivity contribution in [2.45, 2.75) is 25.9 Å². The number of hydrogen-bond donors (Lipinski definition) is 1. The SMILES string of the molecule is CN1CCN(C(C)(C)CNCc2ccc(Cl)c(Cl)c2)CC1. The third kappa shape index (κ3) is 4.83. The molecule has 0 bridgehead atoms. The van der Waals surface area contributed by atoms with Crippen LogP contribution in [0.3, 0.4) is 0 Å². The number of halogens is 2. The van der Waals surface area contributed by atoms with Gasteiger partial charge in [0.2, 0.25) is 0 Å². The molecule has 2 rings (SSSR count). The van der Waals surface area contributed by atoms with Gasteiger partial charge in [0.25, 0.3) is 0 Å². The number of benzene rings is 1. The van der Waals surface area contributed by atoms with Crippen LogP contribution in [-0.2, 0) is 6.54 Å². The van der Waals surface area contributed by atoms with Gasteiger partial charge in [0.05, 0.1) is 10.0 Å². The Kier molecular flexibility index (Phi) is 5.92. The van der Waals surface area contributed by atoms with Crippen LogP contribution in [0, 0.1) is 0 Å². The first-order valence-corrected chi connectivity index (χ1v) is 8.22. The number of rotatable bonds is 5. The van der Waals surface area contributed by atoms with Crippen molar-refractivity contribution in [3.05, 3.63) is 33.8 Å². The minimum atomic E-state index is 0.164. The lowest BCUT2D eigenvalue weighted by molar-refractivity contribution is 0.0618. The second-order valence-corrected chi connectivity index (χ2v) is 7.27. The van der Waals surface area contributed by atoms with Crippen LogP contribution in [0.1, 0.15) is 19.4 Å². The highest BCUT2D eigenvalue weighted by Gasteiger charge is 2.28. The smallest absolute Gasteiger partial charge is 0.0595 e. The van der Waals surface area contributed by atoms with E-state index in [0.29, 0.717) is 10.0 Å². The third-order valence-electron chi connectivity index (χ3n) is 4.23. The van der Waals surface area contributed by atoms with Crippen molar-refractivity contribution in [1.29, 1.82) is 0 Å². The lowest BCUT2D eigenvalue weighted by Crippen LogP contribution is -2.57. The Morgan fingerprint density at radius 2 is 1.76 bits per heavy atom.